The van der Waals surface area contributed by atoms with Gasteiger partial charge in [-0.2, -0.15) is 0 Å². The van der Waals surface area contributed by atoms with E-state index >= 15 is 0 Å². The van der Waals surface area contributed by atoms with Gasteiger partial charge in [-0.3, -0.25) is 4.79 Å². The molecule has 0 bridgehead atoms. The van der Waals surface area contributed by atoms with E-state index in [-0.39, 0.29) is 5.78 Å². The molecule has 0 unspecified atom stereocenters. The van der Waals surface area contributed by atoms with E-state index < -0.39 is 0 Å². The van der Waals surface area contributed by atoms with Crippen molar-refractivity contribution in [3.63, 3.8) is 0 Å². The van der Waals surface area contributed by atoms with E-state index in [9.17, 15) is 4.79 Å². The maximum absolute atomic E-state index is 10.7. The number of hydrogen-bond acceptors (Lipinski definition) is 1. The van der Waals surface area contributed by atoms with Crippen LogP contribution in [0, 0.1) is 0 Å². The lowest BCUT2D eigenvalue weighted by Gasteiger charge is -1.88. The van der Waals surface area contributed by atoms with Crippen LogP contribution in [0.5, 0.6) is 0 Å². The highest BCUT2D eigenvalue weighted by molar-refractivity contribution is 6.19. The van der Waals surface area contributed by atoms with Crippen molar-refractivity contribution in [1.29, 1.82) is 0 Å². The van der Waals surface area contributed by atoms with Crippen LogP contribution in [0.2, 0.25) is 0 Å². The zero-order valence-electron chi connectivity index (χ0n) is 5.78. The molecule has 0 rings (SSSR count). The van der Waals surface area contributed by atoms with Crippen LogP contribution in [-0.4, -0.2) is 11.7 Å². The number of carbonyl (C=O) groups excluding carboxylic acids is 1. The molecular weight excluding hydrogens is 136 g/mol. The Morgan fingerprint density at radius 3 is 2.44 bits per heavy atom. The SMILES string of the molecule is CC(C)=CC(=O)CCCl. The van der Waals surface area contributed by atoms with Crippen LogP contribution in [-0.2, 0) is 4.79 Å². The molecule has 0 amide bonds. The third kappa shape index (κ3) is 5.57. The van der Waals surface area contributed by atoms with E-state index in [1.807, 2.05) is 13.8 Å². The van der Waals surface area contributed by atoms with Crippen molar-refractivity contribution in [2.24, 2.45) is 0 Å². The summed E-state index contributed by atoms with van der Waals surface area (Å²) in [5, 5.41) is 0. The summed E-state index contributed by atoms with van der Waals surface area (Å²) in [5.41, 5.74) is 1.03. The van der Waals surface area contributed by atoms with Gasteiger partial charge >= 0.3 is 0 Å². The number of carbonyl (C=O) groups is 1. The Hall–Kier alpha value is -0.300. The van der Waals surface area contributed by atoms with Crippen molar-refractivity contribution in [2.45, 2.75) is 20.3 Å². The minimum Gasteiger partial charge on any atom is -0.295 e. The van der Waals surface area contributed by atoms with Crippen molar-refractivity contribution in [3.05, 3.63) is 11.6 Å². The van der Waals surface area contributed by atoms with Gasteiger partial charge in [-0.15, -0.1) is 11.6 Å². The fraction of sp³-hybridized carbons (Fsp3) is 0.571. The maximum Gasteiger partial charge on any atom is 0.156 e. The lowest BCUT2D eigenvalue weighted by atomic mass is 10.2. The fourth-order valence-electron chi connectivity index (χ4n) is 0.487. The highest BCUT2D eigenvalue weighted by Crippen LogP contribution is 1.93. The molecule has 0 aliphatic rings. The quantitative estimate of drug-likeness (QED) is 0.441. The third-order valence-electron chi connectivity index (χ3n) is 0.791. The van der Waals surface area contributed by atoms with Crippen LogP contribution in [0.25, 0.3) is 0 Å². The van der Waals surface area contributed by atoms with E-state index in [2.05, 4.69) is 0 Å². The summed E-state index contributed by atoms with van der Waals surface area (Å²) < 4.78 is 0. The van der Waals surface area contributed by atoms with Gasteiger partial charge in [0.05, 0.1) is 0 Å². The summed E-state index contributed by atoms with van der Waals surface area (Å²) >= 11 is 5.33. The number of hydrogen-bond donors (Lipinski definition) is 0. The molecule has 0 aromatic carbocycles. The second kappa shape index (κ2) is 4.57. The van der Waals surface area contributed by atoms with Crippen LogP contribution in [0.15, 0.2) is 11.6 Å². The molecule has 0 saturated carbocycles. The summed E-state index contributed by atoms with van der Waals surface area (Å²) in [6.07, 6.45) is 2.06. The summed E-state index contributed by atoms with van der Waals surface area (Å²) in [7, 11) is 0. The molecule has 0 radical (unpaired) electrons. The summed E-state index contributed by atoms with van der Waals surface area (Å²) in [4.78, 5) is 10.7. The Bertz CT molecular complexity index is 123. The van der Waals surface area contributed by atoms with Gasteiger partial charge in [0.25, 0.3) is 0 Å². The Morgan fingerprint density at radius 2 is 2.11 bits per heavy atom. The van der Waals surface area contributed by atoms with E-state index in [1.165, 1.54) is 0 Å². The number of rotatable bonds is 3. The molecule has 0 atom stereocenters. The average molecular weight is 147 g/mol. The van der Waals surface area contributed by atoms with Gasteiger partial charge in [0.1, 0.15) is 0 Å². The van der Waals surface area contributed by atoms with Crippen LogP contribution in [0.1, 0.15) is 20.3 Å². The monoisotopic (exact) mass is 146 g/mol. The molecule has 0 spiro atoms. The van der Waals surface area contributed by atoms with E-state index in [0.29, 0.717) is 12.3 Å². The first-order chi connectivity index (χ1) is 4.16. The zero-order valence-corrected chi connectivity index (χ0v) is 6.53. The molecule has 0 saturated heterocycles. The molecule has 1 nitrogen and oxygen atoms in total. The number of halogens is 1. The summed E-state index contributed by atoms with van der Waals surface area (Å²) in [6.45, 7) is 3.79. The largest absolute Gasteiger partial charge is 0.295 e. The van der Waals surface area contributed by atoms with E-state index in [4.69, 9.17) is 11.6 Å². The molecule has 0 N–H and O–H groups in total. The van der Waals surface area contributed by atoms with Crippen molar-refractivity contribution in [2.75, 3.05) is 5.88 Å². The van der Waals surface area contributed by atoms with Gasteiger partial charge in [-0.25, -0.2) is 0 Å². The van der Waals surface area contributed by atoms with Gasteiger partial charge in [0, 0.05) is 12.3 Å². The minimum absolute atomic E-state index is 0.116. The lowest BCUT2D eigenvalue weighted by Crippen LogP contribution is -1.93. The number of allylic oxidation sites excluding steroid dienone is 2. The first kappa shape index (κ1) is 8.70. The Balaban J connectivity index is 3.63. The van der Waals surface area contributed by atoms with Crippen molar-refractivity contribution in [1.82, 2.24) is 0 Å². The van der Waals surface area contributed by atoms with Crippen LogP contribution >= 0.6 is 11.6 Å². The van der Waals surface area contributed by atoms with Crippen molar-refractivity contribution in [3.8, 4) is 0 Å². The zero-order chi connectivity index (χ0) is 7.28. The minimum atomic E-state index is 0.116. The topological polar surface area (TPSA) is 17.1 Å². The predicted molar refractivity (Wildman–Crippen MR) is 39.8 cm³/mol. The molecule has 0 heterocycles. The normalized spacial score (nSPS) is 8.78. The van der Waals surface area contributed by atoms with E-state index in [1.54, 1.807) is 6.08 Å². The molecule has 2 heteroatoms. The van der Waals surface area contributed by atoms with Crippen molar-refractivity contribution < 1.29 is 4.79 Å². The average Bonchev–Trinajstić information content (AvgIpc) is 1.63. The number of ketones is 1. The first-order valence-electron chi connectivity index (χ1n) is 2.90. The Kier molecular flexibility index (Phi) is 4.41. The van der Waals surface area contributed by atoms with Crippen LogP contribution in [0.3, 0.4) is 0 Å². The molecular formula is C7H11ClO. The Labute approximate surface area is 60.7 Å². The summed E-state index contributed by atoms with van der Waals surface area (Å²) in [5.74, 6) is 0.535. The lowest BCUT2D eigenvalue weighted by molar-refractivity contribution is -0.114. The molecule has 9 heavy (non-hydrogen) atoms. The highest BCUT2D eigenvalue weighted by atomic mass is 35.5. The number of alkyl halides is 1. The molecule has 0 aromatic rings. The maximum atomic E-state index is 10.7. The predicted octanol–water partition coefficient (Wildman–Crippen LogP) is 2.15. The molecule has 52 valence electrons. The van der Waals surface area contributed by atoms with Gasteiger partial charge in [-0.1, -0.05) is 5.57 Å². The summed E-state index contributed by atoms with van der Waals surface area (Å²) in [6, 6.07) is 0. The smallest absolute Gasteiger partial charge is 0.156 e. The standard InChI is InChI=1S/C7H11ClO/c1-6(2)5-7(9)3-4-8/h5H,3-4H2,1-2H3. The molecule has 0 aromatic heterocycles. The third-order valence-corrected chi connectivity index (χ3v) is 0.980. The second-order valence-electron chi connectivity index (χ2n) is 2.13. The van der Waals surface area contributed by atoms with Crippen LogP contribution in [0.4, 0.5) is 0 Å². The van der Waals surface area contributed by atoms with Gasteiger partial charge in [0.2, 0.25) is 0 Å². The van der Waals surface area contributed by atoms with E-state index in [0.717, 1.165) is 5.57 Å². The Morgan fingerprint density at radius 1 is 1.56 bits per heavy atom. The molecule has 0 aliphatic heterocycles. The fourth-order valence-corrected chi connectivity index (χ4v) is 0.674. The highest BCUT2D eigenvalue weighted by Gasteiger charge is 1.93. The van der Waals surface area contributed by atoms with Crippen LogP contribution < -0.4 is 0 Å². The first-order valence-corrected chi connectivity index (χ1v) is 3.44. The van der Waals surface area contributed by atoms with Crippen molar-refractivity contribution >= 4 is 17.4 Å². The molecule has 0 fully saturated rings. The van der Waals surface area contributed by atoms with Gasteiger partial charge in [-0.05, 0) is 19.9 Å². The van der Waals surface area contributed by atoms with Gasteiger partial charge < -0.3 is 0 Å². The second-order valence-corrected chi connectivity index (χ2v) is 2.50. The van der Waals surface area contributed by atoms with Gasteiger partial charge in [0.15, 0.2) is 5.78 Å². The molecule has 0 aliphatic carbocycles.